The van der Waals surface area contributed by atoms with Gasteiger partial charge in [0.15, 0.2) is 0 Å². The highest BCUT2D eigenvalue weighted by molar-refractivity contribution is 5.72. The number of hydrogen-bond donors (Lipinski definition) is 1. The molecular weight excluding hydrogens is 266 g/mol. The van der Waals surface area contributed by atoms with Crippen LogP contribution < -0.4 is 0 Å². The summed E-state index contributed by atoms with van der Waals surface area (Å²) in [6, 6.07) is 10.8. The Morgan fingerprint density at radius 2 is 1.90 bits per heavy atom. The molecule has 0 aromatic heterocycles. The first-order valence-electron chi connectivity index (χ1n) is 7.71. The first-order chi connectivity index (χ1) is 10.2. The van der Waals surface area contributed by atoms with Gasteiger partial charge in [-0.25, -0.2) is 0 Å². The zero-order valence-corrected chi connectivity index (χ0v) is 12.7. The summed E-state index contributed by atoms with van der Waals surface area (Å²) in [7, 11) is 1.46. The van der Waals surface area contributed by atoms with E-state index in [0.29, 0.717) is 12.6 Å². The van der Waals surface area contributed by atoms with Crippen molar-refractivity contribution in [1.82, 2.24) is 4.90 Å². The van der Waals surface area contributed by atoms with E-state index >= 15 is 0 Å². The molecule has 0 bridgehead atoms. The van der Waals surface area contributed by atoms with Gasteiger partial charge in [0.05, 0.1) is 19.6 Å². The molecule has 4 nitrogen and oxygen atoms in total. The van der Waals surface area contributed by atoms with Gasteiger partial charge in [-0.2, -0.15) is 0 Å². The normalized spacial score (nSPS) is 22.2. The predicted molar refractivity (Wildman–Crippen MR) is 81.7 cm³/mol. The molecule has 1 aliphatic carbocycles. The van der Waals surface area contributed by atoms with Crippen molar-refractivity contribution in [1.29, 1.82) is 0 Å². The zero-order chi connectivity index (χ0) is 15.1. The number of esters is 1. The van der Waals surface area contributed by atoms with Crippen LogP contribution in [0.4, 0.5) is 0 Å². The van der Waals surface area contributed by atoms with Crippen molar-refractivity contribution in [2.24, 2.45) is 5.92 Å². The molecule has 1 saturated carbocycles. The van der Waals surface area contributed by atoms with Crippen molar-refractivity contribution in [2.45, 2.75) is 38.3 Å². The van der Waals surface area contributed by atoms with E-state index in [1.54, 1.807) is 0 Å². The topological polar surface area (TPSA) is 49.8 Å². The second-order valence-electron chi connectivity index (χ2n) is 5.71. The molecule has 1 aromatic carbocycles. The maximum atomic E-state index is 11.6. The number of aliphatic hydroxyl groups is 1. The molecule has 1 fully saturated rings. The van der Waals surface area contributed by atoms with Crippen molar-refractivity contribution in [2.75, 3.05) is 20.3 Å². The van der Waals surface area contributed by atoms with Crippen LogP contribution in [0, 0.1) is 5.92 Å². The van der Waals surface area contributed by atoms with Crippen LogP contribution in [0.25, 0.3) is 0 Å². The lowest BCUT2D eigenvalue weighted by atomic mass is 9.85. The van der Waals surface area contributed by atoms with E-state index in [4.69, 9.17) is 4.74 Å². The lowest BCUT2D eigenvalue weighted by molar-refractivity contribution is -0.147. The maximum absolute atomic E-state index is 11.6. The van der Waals surface area contributed by atoms with Crippen molar-refractivity contribution in [3.63, 3.8) is 0 Å². The van der Waals surface area contributed by atoms with Gasteiger partial charge >= 0.3 is 5.97 Å². The summed E-state index contributed by atoms with van der Waals surface area (Å²) in [6.45, 7) is 1.71. The average molecular weight is 291 g/mol. The molecule has 0 unspecified atom stereocenters. The van der Waals surface area contributed by atoms with Crippen LogP contribution in [-0.4, -0.2) is 42.3 Å². The molecule has 116 valence electrons. The van der Waals surface area contributed by atoms with Gasteiger partial charge < -0.3 is 9.84 Å². The Morgan fingerprint density at radius 1 is 1.24 bits per heavy atom. The number of benzene rings is 1. The molecule has 0 amide bonds. The van der Waals surface area contributed by atoms with Gasteiger partial charge in [0.2, 0.25) is 0 Å². The predicted octanol–water partition coefficient (Wildman–Crippen LogP) is 2.21. The third-order valence-corrected chi connectivity index (χ3v) is 4.36. The third-order valence-electron chi connectivity index (χ3n) is 4.36. The van der Waals surface area contributed by atoms with Crippen LogP contribution in [0.3, 0.4) is 0 Å². The fourth-order valence-corrected chi connectivity index (χ4v) is 3.18. The molecule has 0 heterocycles. The standard InChI is InChI=1S/C17H25NO3/c1-21-17(20)15-7-9-16(10-8-15)18(11-12-19)13-14-5-3-2-4-6-14/h2-6,15-16,19H,7-13H2,1H3. The van der Waals surface area contributed by atoms with Crippen LogP contribution in [0.1, 0.15) is 31.2 Å². The highest BCUT2D eigenvalue weighted by Gasteiger charge is 2.29. The van der Waals surface area contributed by atoms with Gasteiger partial charge in [0, 0.05) is 19.1 Å². The summed E-state index contributed by atoms with van der Waals surface area (Å²) in [5, 5.41) is 9.31. The number of nitrogens with zero attached hydrogens (tertiary/aromatic N) is 1. The molecule has 0 radical (unpaired) electrons. The molecule has 1 aromatic rings. The van der Waals surface area contributed by atoms with Crippen molar-refractivity contribution in [3.8, 4) is 0 Å². The van der Waals surface area contributed by atoms with Gasteiger partial charge in [-0.05, 0) is 31.2 Å². The lowest BCUT2D eigenvalue weighted by Gasteiger charge is -2.36. The van der Waals surface area contributed by atoms with Gasteiger partial charge in [0.25, 0.3) is 0 Å². The number of ether oxygens (including phenoxy) is 1. The zero-order valence-electron chi connectivity index (χ0n) is 12.7. The second-order valence-corrected chi connectivity index (χ2v) is 5.71. The number of carbonyl (C=O) groups excluding carboxylic acids is 1. The Kier molecular flexibility index (Phi) is 6.21. The van der Waals surface area contributed by atoms with E-state index in [2.05, 4.69) is 17.0 Å². The summed E-state index contributed by atoms with van der Waals surface area (Å²) in [5.41, 5.74) is 1.26. The van der Waals surface area contributed by atoms with E-state index in [9.17, 15) is 9.90 Å². The molecular formula is C17H25NO3. The van der Waals surface area contributed by atoms with Crippen LogP contribution in [-0.2, 0) is 16.1 Å². The Balaban J connectivity index is 1.92. The lowest BCUT2D eigenvalue weighted by Crippen LogP contribution is -2.40. The Hall–Kier alpha value is -1.39. The number of hydrogen-bond acceptors (Lipinski definition) is 4. The number of methoxy groups -OCH3 is 1. The molecule has 1 aliphatic rings. The summed E-state index contributed by atoms with van der Waals surface area (Å²) < 4.78 is 4.84. The molecule has 4 heteroatoms. The Bertz CT molecular complexity index is 427. The van der Waals surface area contributed by atoms with Crippen molar-refractivity contribution < 1.29 is 14.6 Å². The summed E-state index contributed by atoms with van der Waals surface area (Å²) in [4.78, 5) is 13.9. The van der Waals surface area contributed by atoms with Gasteiger partial charge in [-0.15, -0.1) is 0 Å². The minimum absolute atomic E-state index is 0.0546. The van der Waals surface area contributed by atoms with Crippen LogP contribution in [0.2, 0.25) is 0 Å². The van der Waals surface area contributed by atoms with E-state index in [-0.39, 0.29) is 18.5 Å². The SMILES string of the molecule is COC(=O)C1CCC(N(CCO)Cc2ccccc2)CC1. The fourth-order valence-electron chi connectivity index (χ4n) is 3.18. The molecule has 0 atom stereocenters. The number of rotatable bonds is 6. The maximum Gasteiger partial charge on any atom is 0.308 e. The van der Waals surface area contributed by atoms with Crippen LogP contribution in [0.15, 0.2) is 30.3 Å². The van der Waals surface area contributed by atoms with Gasteiger partial charge in [-0.3, -0.25) is 9.69 Å². The van der Waals surface area contributed by atoms with E-state index in [1.165, 1.54) is 12.7 Å². The first kappa shape index (κ1) is 16.0. The van der Waals surface area contributed by atoms with E-state index < -0.39 is 0 Å². The van der Waals surface area contributed by atoms with E-state index in [1.807, 2.05) is 18.2 Å². The minimum atomic E-state index is -0.0785. The second kappa shape index (κ2) is 8.15. The van der Waals surface area contributed by atoms with Crippen LogP contribution >= 0.6 is 0 Å². The highest BCUT2D eigenvalue weighted by atomic mass is 16.5. The number of carbonyl (C=O) groups is 1. The third kappa shape index (κ3) is 4.55. The average Bonchev–Trinajstić information content (AvgIpc) is 2.55. The highest BCUT2D eigenvalue weighted by Crippen LogP contribution is 2.29. The Morgan fingerprint density at radius 3 is 2.48 bits per heavy atom. The molecule has 2 rings (SSSR count). The summed E-state index contributed by atoms with van der Waals surface area (Å²) in [6.07, 6.45) is 3.75. The fraction of sp³-hybridized carbons (Fsp3) is 0.588. The molecule has 21 heavy (non-hydrogen) atoms. The largest absolute Gasteiger partial charge is 0.469 e. The van der Waals surface area contributed by atoms with Crippen molar-refractivity contribution in [3.05, 3.63) is 35.9 Å². The van der Waals surface area contributed by atoms with Crippen molar-refractivity contribution >= 4 is 5.97 Å². The van der Waals surface area contributed by atoms with Gasteiger partial charge in [-0.1, -0.05) is 30.3 Å². The van der Waals surface area contributed by atoms with Crippen LogP contribution in [0.5, 0.6) is 0 Å². The molecule has 0 spiro atoms. The molecule has 0 saturated heterocycles. The summed E-state index contributed by atoms with van der Waals surface area (Å²) >= 11 is 0. The smallest absolute Gasteiger partial charge is 0.308 e. The minimum Gasteiger partial charge on any atom is -0.469 e. The first-order valence-corrected chi connectivity index (χ1v) is 7.71. The van der Waals surface area contributed by atoms with Gasteiger partial charge in [0.1, 0.15) is 0 Å². The summed E-state index contributed by atoms with van der Waals surface area (Å²) in [5.74, 6) is -0.0239. The molecule has 0 aliphatic heterocycles. The van der Waals surface area contributed by atoms with E-state index in [0.717, 1.165) is 32.2 Å². The monoisotopic (exact) mass is 291 g/mol. The quantitative estimate of drug-likeness (QED) is 0.817. The molecule has 1 N–H and O–H groups in total. The Labute approximate surface area is 126 Å². The number of aliphatic hydroxyl groups excluding tert-OH is 1.